The number of aliphatic imine (C=N–C) groups is 1. The number of allylic oxidation sites excluding steroid dienone is 2. The molecule has 0 radical (unpaired) electrons. The number of nitrogens with two attached hydrogens (primary N) is 1. The van der Waals surface area contributed by atoms with Crippen LogP contribution >= 0.6 is 23.4 Å². The lowest BCUT2D eigenvalue weighted by Gasteiger charge is -2.13. The van der Waals surface area contributed by atoms with Gasteiger partial charge in [0.1, 0.15) is 11.4 Å². The number of rotatable bonds is 6. The molecule has 2 N–H and O–H groups in total. The number of hydrogen-bond acceptors (Lipinski definition) is 4. The fourth-order valence-electron chi connectivity index (χ4n) is 2.59. The number of thioether (sulfide) groups is 1. The number of amides is 1. The number of ether oxygens (including phenoxy) is 1. The summed E-state index contributed by atoms with van der Waals surface area (Å²) >= 11 is 7.64. The second-order valence-electron chi connectivity index (χ2n) is 5.56. The monoisotopic (exact) mass is 384 g/mol. The van der Waals surface area contributed by atoms with Crippen LogP contribution in [0.4, 0.5) is 8.78 Å². The van der Waals surface area contributed by atoms with Gasteiger partial charge < -0.3 is 10.5 Å². The smallest absolute Gasteiger partial charge is 0.254 e. The van der Waals surface area contributed by atoms with Gasteiger partial charge in [-0.15, -0.1) is 11.8 Å². The molecule has 0 bridgehead atoms. The number of nitrogens with zero attached hydrogens (tertiary/aromatic N) is 1. The second-order valence-corrected chi connectivity index (χ2v) is 7.25. The minimum Gasteiger partial charge on any atom is -0.490 e. The van der Waals surface area contributed by atoms with Crippen LogP contribution in [-0.4, -0.2) is 28.8 Å². The number of halogens is 3. The first-order valence-corrected chi connectivity index (χ1v) is 8.91. The van der Waals surface area contributed by atoms with Gasteiger partial charge in [0.2, 0.25) is 0 Å². The SMILES string of the molecule is NC(=O)c1c(F)ccc(OCCCC2=NC3C=C(Cl)C=CC3S2)c1F. The quantitative estimate of drug-likeness (QED) is 0.759. The summed E-state index contributed by atoms with van der Waals surface area (Å²) in [5.74, 6) is -3.44. The van der Waals surface area contributed by atoms with Gasteiger partial charge in [0.05, 0.1) is 22.9 Å². The zero-order valence-electron chi connectivity index (χ0n) is 13.0. The van der Waals surface area contributed by atoms with E-state index in [9.17, 15) is 13.6 Å². The summed E-state index contributed by atoms with van der Waals surface area (Å²) in [5, 5.41) is 1.95. The fourth-order valence-corrected chi connectivity index (χ4v) is 3.98. The van der Waals surface area contributed by atoms with Crippen LogP contribution in [0, 0.1) is 11.6 Å². The fraction of sp³-hybridized carbons (Fsp3) is 0.294. The van der Waals surface area contributed by atoms with E-state index in [0.29, 0.717) is 17.9 Å². The third-order valence-corrected chi connectivity index (χ3v) is 5.31. The number of benzene rings is 1. The highest BCUT2D eigenvalue weighted by molar-refractivity contribution is 8.14. The van der Waals surface area contributed by atoms with Gasteiger partial charge >= 0.3 is 0 Å². The average molecular weight is 385 g/mol. The number of carbonyl (C=O) groups is 1. The van der Waals surface area contributed by atoms with Crippen LogP contribution in [0.5, 0.6) is 5.75 Å². The summed E-state index contributed by atoms with van der Waals surface area (Å²) in [4.78, 5) is 15.7. The molecule has 25 heavy (non-hydrogen) atoms. The Labute approximate surface area is 152 Å². The van der Waals surface area contributed by atoms with Crippen LogP contribution < -0.4 is 10.5 Å². The standard InChI is InChI=1S/C17H15ClF2N2O2S/c18-9-3-6-13-11(8-9)22-14(25-13)2-1-7-24-12-5-4-10(19)15(16(12)20)17(21)23/h3-6,8,11,13H,1-2,7H2,(H2,21,23). The first-order chi connectivity index (χ1) is 12.0. The molecule has 0 saturated heterocycles. The molecule has 1 aliphatic heterocycles. The zero-order valence-corrected chi connectivity index (χ0v) is 14.6. The third kappa shape index (κ3) is 4.04. The Hall–Kier alpha value is -1.86. The molecule has 3 rings (SSSR count). The van der Waals surface area contributed by atoms with Crippen LogP contribution in [0.2, 0.25) is 0 Å². The summed E-state index contributed by atoms with van der Waals surface area (Å²) in [6, 6.07) is 2.17. The molecule has 2 atom stereocenters. The van der Waals surface area contributed by atoms with Gasteiger partial charge in [-0.25, -0.2) is 8.78 Å². The van der Waals surface area contributed by atoms with Crippen molar-refractivity contribution in [3.63, 3.8) is 0 Å². The van der Waals surface area contributed by atoms with E-state index < -0.39 is 23.1 Å². The Balaban J connectivity index is 1.53. The lowest BCUT2D eigenvalue weighted by Crippen LogP contribution is -2.16. The van der Waals surface area contributed by atoms with Crippen molar-refractivity contribution >= 4 is 34.3 Å². The minimum absolute atomic E-state index is 0.0612. The van der Waals surface area contributed by atoms with Crippen molar-refractivity contribution in [2.24, 2.45) is 10.7 Å². The Morgan fingerprint density at radius 3 is 2.96 bits per heavy atom. The van der Waals surface area contributed by atoms with E-state index in [1.54, 1.807) is 11.8 Å². The molecular formula is C17H15ClF2N2O2S. The number of hydrogen-bond donors (Lipinski definition) is 1. The lowest BCUT2D eigenvalue weighted by molar-refractivity contribution is 0.0991. The highest BCUT2D eigenvalue weighted by atomic mass is 35.5. The van der Waals surface area contributed by atoms with Crippen molar-refractivity contribution in [3.8, 4) is 5.75 Å². The maximum atomic E-state index is 14.0. The van der Waals surface area contributed by atoms with E-state index in [4.69, 9.17) is 22.1 Å². The lowest BCUT2D eigenvalue weighted by atomic mass is 10.1. The Kier molecular flexibility index (Phi) is 5.44. The molecule has 2 unspecified atom stereocenters. The van der Waals surface area contributed by atoms with Crippen LogP contribution in [0.1, 0.15) is 23.2 Å². The molecular weight excluding hydrogens is 370 g/mol. The summed E-state index contributed by atoms with van der Waals surface area (Å²) in [6.45, 7) is 0.210. The van der Waals surface area contributed by atoms with Crippen molar-refractivity contribution in [1.29, 1.82) is 0 Å². The van der Waals surface area contributed by atoms with Gasteiger partial charge in [-0.2, -0.15) is 0 Å². The topological polar surface area (TPSA) is 64.7 Å². The van der Waals surface area contributed by atoms with Crippen molar-refractivity contribution in [2.75, 3.05) is 6.61 Å². The number of primary amides is 1. The van der Waals surface area contributed by atoms with Crippen LogP contribution in [0.25, 0.3) is 0 Å². The normalized spacial score (nSPS) is 21.6. The van der Waals surface area contributed by atoms with Gasteiger partial charge in [0.15, 0.2) is 11.6 Å². The molecule has 4 nitrogen and oxygen atoms in total. The van der Waals surface area contributed by atoms with Gasteiger partial charge in [-0.3, -0.25) is 9.79 Å². The maximum absolute atomic E-state index is 14.0. The van der Waals surface area contributed by atoms with E-state index in [1.165, 1.54) is 0 Å². The van der Waals surface area contributed by atoms with Gasteiger partial charge in [-0.1, -0.05) is 17.7 Å². The summed E-state index contributed by atoms with van der Waals surface area (Å²) < 4.78 is 32.8. The predicted molar refractivity (Wildman–Crippen MR) is 95.3 cm³/mol. The molecule has 1 amide bonds. The van der Waals surface area contributed by atoms with Crippen molar-refractivity contribution in [3.05, 3.63) is 52.6 Å². The summed E-state index contributed by atoms with van der Waals surface area (Å²) in [7, 11) is 0. The molecule has 0 fully saturated rings. The highest BCUT2D eigenvalue weighted by Gasteiger charge is 2.28. The third-order valence-electron chi connectivity index (χ3n) is 3.77. The molecule has 1 heterocycles. The second kappa shape index (κ2) is 7.58. The van der Waals surface area contributed by atoms with E-state index in [0.717, 1.165) is 17.2 Å². The van der Waals surface area contributed by atoms with Crippen LogP contribution in [-0.2, 0) is 0 Å². The molecule has 1 aliphatic carbocycles. The molecule has 0 spiro atoms. The van der Waals surface area contributed by atoms with Crippen LogP contribution in [0.3, 0.4) is 0 Å². The molecule has 1 aromatic carbocycles. The molecule has 8 heteroatoms. The number of carbonyl (C=O) groups excluding carboxylic acids is 1. The van der Waals surface area contributed by atoms with Crippen molar-refractivity contribution in [1.82, 2.24) is 0 Å². The Morgan fingerprint density at radius 2 is 2.20 bits per heavy atom. The number of fused-ring (bicyclic) bond motifs is 1. The van der Waals surface area contributed by atoms with E-state index in [-0.39, 0.29) is 23.6 Å². The summed E-state index contributed by atoms with van der Waals surface area (Å²) in [6.07, 6.45) is 7.11. The first-order valence-electron chi connectivity index (χ1n) is 7.65. The van der Waals surface area contributed by atoms with Crippen LogP contribution in [0.15, 0.2) is 40.4 Å². The average Bonchev–Trinajstić information content (AvgIpc) is 2.94. The van der Waals surface area contributed by atoms with Gasteiger partial charge in [0, 0.05) is 5.03 Å². The largest absolute Gasteiger partial charge is 0.490 e. The molecule has 1 aromatic rings. The van der Waals surface area contributed by atoms with Gasteiger partial charge in [-0.05, 0) is 37.1 Å². The summed E-state index contributed by atoms with van der Waals surface area (Å²) in [5.41, 5.74) is 4.19. The predicted octanol–water partition coefficient (Wildman–Crippen LogP) is 3.80. The van der Waals surface area contributed by atoms with E-state index >= 15 is 0 Å². The molecule has 0 saturated carbocycles. The Morgan fingerprint density at radius 1 is 1.40 bits per heavy atom. The first kappa shape index (κ1) is 17.9. The van der Waals surface area contributed by atoms with Crippen molar-refractivity contribution < 1.29 is 18.3 Å². The maximum Gasteiger partial charge on any atom is 0.254 e. The minimum atomic E-state index is -1.17. The highest BCUT2D eigenvalue weighted by Crippen LogP contribution is 2.34. The molecule has 132 valence electrons. The van der Waals surface area contributed by atoms with Gasteiger partial charge in [0.25, 0.3) is 5.91 Å². The van der Waals surface area contributed by atoms with E-state index in [2.05, 4.69) is 4.99 Å². The molecule has 0 aromatic heterocycles. The molecule has 2 aliphatic rings. The van der Waals surface area contributed by atoms with E-state index in [1.807, 2.05) is 18.2 Å². The van der Waals surface area contributed by atoms with Crippen molar-refractivity contribution in [2.45, 2.75) is 24.1 Å². The zero-order chi connectivity index (χ0) is 18.0. The Bertz CT molecular complexity index is 795.